The second-order valence-corrected chi connectivity index (χ2v) is 4.16. The minimum Gasteiger partial charge on any atom is -0.495 e. The highest BCUT2D eigenvalue weighted by molar-refractivity contribution is 7.80. The molecule has 0 unspecified atom stereocenters. The first-order valence-corrected chi connectivity index (χ1v) is 5.89. The molecule has 1 aromatic rings. The Kier molecular flexibility index (Phi) is 5.12. The quantitative estimate of drug-likeness (QED) is 0.613. The zero-order chi connectivity index (χ0) is 11.3. The average Bonchev–Trinajstić information content (AvgIpc) is 2.23. The van der Waals surface area contributed by atoms with Gasteiger partial charge in [0.15, 0.2) is 0 Å². The number of hydrogen-bond donors (Lipinski definition) is 2. The molecule has 15 heavy (non-hydrogen) atoms. The van der Waals surface area contributed by atoms with Crippen molar-refractivity contribution in [2.45, 2.75) is 13.3 Å². The van der Waals surface area contributed by atoms with Crippen LogP contribution in [-0.2, 0) is 0 Å². The van der Waals surface area contributed by atoms with E-state index in [9.17, 15) is 0 Å². The first kappa shape index (κ1) is 12.5. The number of benzene rings is 1. The molecule has 1 rings (SSSR count). The van der Waals surface area contributed by atoms with Crippen molar-refractivity contribution in [3.05, 3.63) is 22.7 Å². The Morgan fingerprint density at radius 2 is 2.20 bits per heavy atom. The second kappa shape index (κ2) is 6.13. The molecule has 0 saturated heterocycles. The summed E-state index contributed by atoms with van der Waals surface area (Å²) in [4.78, 5) is 0. The van der Waals surface area contributed by atoms with Crippen molar-refractivity contribution in [1.29, 1.82) is 0 Å². The largest absolute Gasteiger partial charge is 0.495 e. The van der Waals surface area contributed by atoms with Crippen LogP contribution in [0.5, 0.6) is 5.75 Å². The van der Waals surface area contributed by atoms with Crippen molar-refractivity contribution >= 4 is 29.9 Å². The van der Waals surface area contributed by atoms with Gasteiger partial charge in [0, 0.05) is 17.6 Å². The molecule has 84 valence electrons. The number of ether oxygens (including phenoxy) is 1. The molecule has 4 heteroatoms. The van der Waals surface area contributed by atoms with E-state index < -0.39 is 0 Å². The normalized spacial score (nSPS) is 10.1. The lowest BCUT2D eigenvalue weighted by Gasteiger charge is -2.12. The molecule has 2 nitrogen and oxygen atoms in total. The molecule has 0 amide bonds. The number of thiol groups is 1. The SMILES string of the molecule is COc1cc(Cl)c(C)cc1NCCCS. The summed E-state index contributed by atoms with van der Waals surface area (Å²) in [6, 6.07) is 3.83. The summed E-state index contributed by atoms with van der Waals surface area (Å²) in [5.74, 6) is 1.66. The summed E-state index contributed by atoms with van der Waals surface area (Å²) in [6.45, 7) is 2.87. The van der Waals surface area contributed by atoms with E-state index in [1.165, 1.54) is 0 Å². The van der Waals surface area contributed by atoms with Crippen molar-refractivity contribution in [3.63, 3.8) is 0 Å². The predicted octanol–water partition coefficient (Wildman–Crippen LogP) is 3.39. The number of nitrogens with one attached hydrogen (secondary N) is 1. The highest BCUT2D eigenvalue weighted by Crippen LogP contribution is 2.30. The highest BCUT2D eigenvalue weighted by atomic mass is 35.5. The van der Waals surface area contributed by atoms with Crippen molar-refractivity contribution in [3.8, 4) is 5.75 Å². The van der Waals surface area contributed by atoms with Gasteiger partial charge in [0.1, 0.15) is 5.75 Å². The molecule has 0 aliphatic carbocycles. The first-order chi connectivity index (χ1) is 7.19. The van der Waals surface area contributed by atoms with Crippen LogP contribution in [0.1, 0.15) is 12.0 Å². The fraction of sp³-hybridized carbons (Fsp3) is 0.455. The van der Waals surface area contributed by atoms with Crippen LogP contribution in [0.15, 0.2) is 12.1 Å². The molecule has 0 heterocycles. The summed E-state index contributed by atoms with van der Waals surface area (Å²) >= 11 is 10.2. The topological polar surface area (TPSA) is 21.3 Å². The third-order valence-electron chi connectivity index (χ3n) is 2.13. The van der Waals surface area contributed by atoms with Crippen molar-refractivity contribution < 1.29 is 4.74 Å². The van der Waals surface area contributed by atoms with Crippen LogP contribution in [0.2, 0.25) is 5.02 Å². The Labute approximate surface area is 101 Å². The van der Waals surface area contributed by atoms with Crippen LogP contribution in [0.25, 0.3) is 0 Å². The first-order valence-electron chi connectivity index (χ1n) is 4.88. The minimum absolute atomic E-state index is 0.728. The van der Waals surface area contributed by atoms with Crippen molar-refractivity contribution in [2.75, 3.05) is 24.7 Å². The van der Waals surface area contributed by atoms with E-state index >= 15 is 0 Å². The number of hydrogen-bond acceptors (Lipinski definition) is 3. The van der Waals surface area contributed by atoms with Gasteiger partial charge < -0.3 is 10.1 Å². The van der Waals surface area contributed by atoms with Crippen LogP contribution in [0.4, 0.5) is 5.69 Å². The van der Waals surface area contributed by atoms with E-state index in [0.29, 0.717) is 0 Å². The van der Waals surface area contributed by atoms with Crippen LogP contribution in [0, 0.1) is 6.92 Å². The Morgan fingerprint density at radius 1 is 1.47 bits per heavy atom. The van der Waals surface area contributed by atoms with E-state index in [1.54, 1.807) is 7.11 Å². The van der Waals surface area contributed by atoms with E-state index in [2.05, 4.69) is 17.9 Å². The number of halogens is 1. The maximum Gasteiger partial charge on any atom is 0.143 e. The molecule has 0 bridgehead atoms. The summed E-state index contributed by atoms with van der Waals surface area (Å²) in [7, 11) is 1.64. The smallest absolute Gasteiger partial charge is 0.143 e. The van der Waals surface area contributed by atoms with Crippen LogP contribution in [-0.4, -0.2) is 19.4 Å². The maximum atomic E-state index is 6.01. The number of aryl methyl sites for hydroxylation is 1. The molecule has 0 aliphatic rings. The zero-order valence-electron chi connectivity index (χ0n) is 9.01. The molecule has 0 radical (unpaired) electrons. The number of rotatable bonds is 5. The average molecular weight is 246 g/mol. The third kappa shape index (κ3) is 3.50. The molecule has 0 spiro atoms. The molecule has 0 saturated carbocycles. The lowest BCUT2D eigenvalue weighted by atomic mass is 10.2. The van der Waals surface area contributed by atoms with Crippen molar-refractivity contribution in [1.82, 2.24) is 0 Å². The van der Waals surface area contributed by atoms with Gasteiger partial charge in [-0.2, -0.15) is 12.6 Å². The van der Waals surface area contributed by atoms with Gasteiger partial charge in [0.2, 0.25) is 0 Å². The lowest BCUT2D eigenvalue weighted by molar-refractivity contribution is 0.416. The molecular formula is C11H16ClNOS. The minimum atomic E-state index is 0.728. The fourth-order valence-electron chi connectivity index (χ4n) is 1.27. The number of anilines is 1. The summed E-state index contributed by atoms with van der Waals surface area (Å²) < 4.78 is 5.25. The third-order valence-corrected chi connectivity index (χ3v) is 2.85. The summed E-state index contributed by atoms with van der Waals surface area (Å²) in [5, 5.41) is 4.03. The monoisotopic (exact) mass is 245 g/mol. The van der Waals surface area contributed by atoms with Gasteiger partial charge in [-0.15, -0.1) is 0 Å². The number of methoxy groups -OCH3 is 1. The van der Waals surface area contributed by atoms with Crippen LogP contribution < -0.4 is 10.1 Å². The summed E-state index contributed by atoms with van der Waals surface area (Å²) in [6.07, 6.45) is 1.02. The van der Waals surface area contributed by atoms with Gasteiger partial charge in [0.25, 0.3) is 0 Å². The van der Waals surface area contributed by atoms with Gasteiger partial charge in [-0.05, 0) is 30.7 Å². The van der Waals surface area contributed by atoms with Gasteiger partial charge in [-0.1, -0.05) is 11.6 Å². The van der Waals surface area contributed by atoms with Crippen LogP contribution in [0.3, 0.4) is 0 Å². The Hall–Kier alpha value is -0.540. The Balaban J connectivity index is 2.80. The van der Waals surface area contributed by atoms with E-state index in [-0.39, 0.29) is 0 Å². The van der Waals surface area contributed by atoms with E-state index in [0.717, 1.165) is 40.7 Å². The van der Waals surface area contributed by atoms with Crippen molar-refractivity contribution in [2.24, 2.45) is 0 Å². The van der Waals surface area contributed by atoms with Crippen LogP contribution >= 0.6 is 24.2 Å². The Bertz CT molecular complexity index is 331. The van der Waals surface area contributed by atoms with Gasteiger partial charge >= 0.3 is 0 Å². The molecular weight excluding hydrogens is 230 g/mol. The van der Waals surface area contributed by atoms with E-state index in [4.69, 9.17) is 16.3 Å². The predicted molar refractivity (Wildman–Crippen MR) is 69.7 cm³/mol. The second-order valence-electron chi connectivity index (χ2n) is 3.31. The van der Waals surface area contributed by atoms with Gasteiger partial charge in [0.05, 0.1) is 12.8 Å². The zero-order valence-corrected chi connectivity index (χ0v) is 10.7. The molecule has 1 aromatic carbocycles. The molecule has 0 aliphatic heterocycles. The van der Waals surface area contributed by atoms with Gasteiger partial charge in [-0.3, -0.25) is 0 Å². The van der Waals surface area contributed by atoms with E-state index in [1.807, 2.05) is 19.1 Å². The highest BCUT2D eigenvalue weighted by Gasteiger charge is 2.05. The summed E-state index contributed by atoms with van der Waals surface area (Å²) in [5.41, 5.74) is 2.03. The molecule has 1 N–H and O–H groups in total. The molecule has 0 atom stereocenters. The lowest BCUT2D eigenvalue weighted by Crippen LogP contribution is -2.04. The standard InChI is InChI=1S/C11H16ClNOS/c1-8-6-10(13-4-3-5-15)11(14-2)7-9(8)12/h6-7,13,15H,3-5H2,1-2H3. The molecule has 0 fully saturated rings. The van der Waals surface area contributed by atoms with Gasteiger partial charge in [-0.25, -0.2) is 0 Å². The maximum absolute atomic E-state index is 6.01. The Morgan fingerprint density at radius 3 is 2.80 bits per heavy atom. The molecule has 0 aromatic heterocycles. The fourth-order valence-corrected chi connectivity index (χ4v) is 1.58.